The molecule has 0 aromatic rings. The molecule has 0 saturated heterocycles. The van der Waals surface area contributed by atoms with Gasteiger partial charge in [-0.25, -0.2) is 4.79 Å². The van der Waals surface area contributed by atoms with Gasteiger partial charge in [-0.15, -0.1) is 0 Å². The van der Waals surface area contributed by atoms with Gasteiger partial charge < -0.3 is 15.4 Å². The van der Waals surface area contributed by atoms with Gasteiger partial charge in [0.15, 0.2) is 0 Å². The molecule has 1 amide bonds. The van der Waals surface area contributed by atoms with Gasteiger partial charge >= 0.3 is 6.09 Å². The van der Waals surface area contributed by atoms with Crippen molar-refractivity contribution in [2.75, 3.05) is 6.54 Å². The highest BCUT2D eigenvalue weighted by Gasteiger charge is 2.55. The summed E-state index contributed by atoms with van der Waals surface area (Å²) < 4.78 is 5.33. The number of hydrogen-bond donors (Lipinski definition) is 2. The zero-order valence-corrected chi connectivity index (χ0v) is 14.2. The fraction of sp³-hybridized carbons (Fsp3) is 0.882. The summed E-state index contributed by atoms with van der Waals surface area (Å²) in [6, 6.07) is 3.05. The van der Waals surface area contributed by atoms with E-state index in [4.69, 9.17) is 10.00 Å². The van der Waals surface area contributed by atoms with E-state index in [1.54, 1.807) is 0 Å². The van der Waals surface area contributed by atoms with E-state index in [-0.39, 0.29) is 18.1 Å². The van der Waals surface area contributed by atoms with Crippen molar-refractivity contribution in [1.29, 1.82) is 5.26 Å². The highest BCUT2D eigenvalue weighted by molar-refractivity contribution is 5.68. The molecule has 2 fully saturated rings. The summed E-state index contributed by atoms with van der Waals surface area (Å²) >= 11 is 0. The Morgan fingerprint density at radius 2 is 2.05 bits per heavy atom. The number of alkyl carbamates (subject to hydrolysis) is 1. The van der Waals surface area contributed by atoms with Crippen LogP contribution < -0.4 is 10.6 Å². The zero-order chi connectivity index (χ0) is 16.4. The second-order valence-corrected chi connectivity index (χ2v) is 7.98. The van der Waals surface area contributed by atoms with Crippen molar-refractivity contribution in [2.45, 2.75) is 77.5 Å². The second kappa shape index (κ2) is 6.45. The van der Waals surface area contributed by atoms with Crippen molar-refractivity contribution in [3.8, 4) is 6.07 Å². The molecule has 2 unspecified atom stereocenters. The molecule has 22 heavy (non-hydrogen) atoms. The van der Waals surface area contributed by atoms with Crippen LogP contribution in [0.3, 0.4) is 0 Å². The van der Waals surface area contributed by atoms with E-state index in [1.807, 2.05) is 27.7 Å². The summed E-state index contributed by atoms with van der Waals surface area (Å²) in [5.74, 6) is 0.0680. The molecule has 0 aromatic heterocycles. The van der Waals surface area contributed by atoms with E-state index in [0.717, 1.165) is 38.6 Å². The molecule has 2 saturated carbocycles. The molecule has 2 aliphatic rings. The molecule has 0 aliphatic heterocycles. The Morgan fingerprint density at radius 3 is 2.59 bits per heavy atom. The number of nitrogens with one attached hydrogen (secondary N) is 2. The minimum absolute atomic E-state index is 0.0680. The largest absolute Gasteiger partial charge is 0.444 e. The average Bonchev–Trinajstić information content (AvgIpc) is 3.07. The molecular formula is C17H29N3O2. The third kappa shape index (κ3) is 4.61. The lowest BCUT2D eigenvalue weighted by molar-refractivity contribution is 0.0512. The maximum absolute atomic E-state index is 11.8. The summed E-state index contributed by atoms with van der Waals surface area (Å²) in [6.07, 6.45) is 5.33. The van der Waals surface area contributed by atoms with E-state index in [9.17, 15) is 4.79 Å². The number of ether oxygens (including phenoxy) is 1. The first-order valence-corrected chi connectivity index (χ1v) is 8.37. The fourth-order valence-corrected chi connectivity index (χ4v) is 3.34. The number of nitrogens with zero attached hydrogens (tertiary/aromatic N) is 1. The van der Waals surface area contributed by atoms with E-state index >= 15 is 0 Å². The topological polar surface area (TPSA) is 74.2 Å². The molecule has 1 spiro atoms. The van der Waals surface area contributed by atoms with Crippen molar-refractivity contribution in [3.63, 3.8) is 0 Å². The molecule has 0 aromatic carbocycles. The Morgan fingerprint density at radius 1 is 1.41 bits per heavy atom. The second-order valence-electron chi connectivity index (χ2n) is 7.98. The molecule has 0 bridgehead atoms. The van der Waals surface area contributed by atoms with Gasteiger partial charge in [0.25, 0.3) is 0 Å². The van der Waals surface area contributed by atoms with Crippen LogP contribution in [0.5, 0.6) is 0 Å². The van der Waals surface area contributed by atoms with Gasteiger partial charge in [-0.3, -0.25) is 0 Å². The van der Waals surface area contributed by atoms with Crippen LogP contribution in [0, 0.1) is 22.7 Å². The highest BCUT2D eigenvalue weighted by Crippen LogP contribution is 2.56. The molecule has 0 radical (unpaired) electrons. The van der Waals surface area contributed by atoms with Crippen LogP contribution in [-0.4, -0.2) is 30.3 Å². The molecule has 2 atom stereocenters. The van der Waals surface area contributed by atoms with E-state index < -0.39 is 5.60 Å². The summed E-state index contributed by atoms with van der Waals surface area (Å²) in [4.78, 5) is 11.8. The van der Waals surface area contributed by atoms with Crippen LogP contribution in [0.4, 0.5) is 4.79 Å². The Balaban J connectivity index is 1.70. The van der Waals surface area contributed by atoms with Crippen molar-refractivity contribution < 1.29 is 9.53 Å². The Kier molecular flexibility index (Phi) is 5.01. The minimum atomic E-state index is -0.439. The van der Waals surface area contributed by atoms with Gasteiger partial charge in [0.2, 0.25) is 0 Å². The van der Waals surface area contributed by atoms with E-state index in [1.165, 1.54) is 0 Å². The lowest BCUT2D eigenvalue weighted by Crippen LogP contribution is -2.39. The molecule has 2 aliphatic carbocycles. The molecule has 124 valence electrons. The third-order valence-corrected chi connectivity index (χ3v) is 4.80. The van der Waals surface area contributed by atoms with Gasteiger partial charge in [-0.05, 0) is 65.2 Å². The predicted octanol–water partition coefficient (Wildman–Crippen LogP) is 2.96. The SMILES string of the molecule is CC(C#N)CNC1CCC2(CC1)CC2NC(=O)OC(C)(C)C. The number of nitriles is 1. The number of amides is 1. The van der Waals surface area contributed by atoms with Crippen molar-refractivity contribution in [2.24, 2.45) is 11.3 Å². The Bertz CT molecular complexity index is 442. The first-order valence-electron chi connectivity index (χ1n) is 8.37. The predicted molar refractivity (Wildman–Crippen MR) is 85.2 cm³/mol. The molecule has 5 heteroatoms. The van der Waals surface area contributed by atoms with Crippen LogP contribution >= 0.6 is 0 Å². The number of carbonyl (C=O) groups is 1. The maximum atomic E-state index is 11.8. The fourth-order valence-electron chi connectivity index (χ4n) is 3.34. The first-order chi connectivity index (χ1) is 10.2. The van der Waals surface area contributed by atoms with Crippen molar-refractivity contribution in [3.05, 3.63) is 0 Å². The van der Waals surface area contributed by atoms with Crippen molar-refractivity contribution >= 4 is 6.09 Å². The highest BCUT2D eigenvalue weighted by atomic mass is 16.6. The quantitative estimate of drug-likeness (QED) is 0.837. The van der Waals surface area contributed by atoms with Crippen LogP contribution in [0.1, 0.15) is 59.8 Å². The van der Waals surface area contributed by atoms with E-state index in [0.29, 0.717) is 11.5 Å². The molecule has 2 rings (SSSR count). The maximum Gasteiger partial charge on any atom is 0.407 e. The van der Waals surface area contributed by atoms with Crippen LogP contribution in [0.2, 0.25) is 0 Å². The van der Waals surface area contributed by atoms with Crippen LogP contribution in [-0.2, 0) is 4.74 Å². The Labute approximate surface area is 133 Å². The number of rotatable bonds is 4. The monoisotopic (exact) mass is 307 g/mol. The number of carbonyl (C=O) groups excluding carboxylic acids is 1. The van der Waals surface area contributed by atoms with Crippen LogP contribution in [0.15, 0.2) is 0 Å². The van der Waals surface area contributed by atoms with E-state index in [2.05, 4.69) is 16.7 Å². The first kappa shape index (κ1) is 17.1. The third-order valence-electron chi connectivity index (χ3n) is 4.80. The van der Waals surface area contributed by atoms with Gasteiger partial charge in [-0.2, -0.15) is 5.26 Å². The summed E-state index contributed by atoms with van der Waals surface area (Å²) in [5, 5.41) is 15.3. The van der Waals surface area contributed by atoms with Crippen molar-refractivity contribution in [1.82, 2.24) is 10.6 Å². The number of hydrogen-bond acceptors (Lipinski definition) is 4. The summed E-state index contributed by atoms with van der Waals surface area (Å²) in [5.41, 5.74) is -0.138. The smallest absolute Gasteiger partial charge is 0.407 e. The minimum Gasteiger partial charge on any atom is -0.444 e. The average molecular weight is 307 g/mol. The summed E-state index contributed by atoms with van der Waals surface area (Å²) in [6.45, 7) is 8.36. The molecule has 5 nitrogen and oxygen atoms in total. The Hall–Kier alpha value is -1.28. The van der Waals surface area contributed by atoms with Crippen LogP contribution in [0.25, 0.3) is 0 Å². The van der Waals surface area contributed by atoms with Gasteiger partial charge in [0.1, 0.15) is 5.60 Å². The zero-order valence-electron chi connectivity index (χ0n) is 14.2. The van der Waals surface area contributed by atoms with Gasteiger partial charge in [0.05, 0.1) is 12.0 Å². The summed E-state index contributed by atoms with van der Waals surface area (Å²) in [7, 11) is 0. The normalized spacial score (nSPS) is 32.1. The molecule has 2 N–H and O–H groups in total. The lowest BCUT2D eigenvalue weighted by atomic mass is 9.82. The lowest BCUT2D eigenvalue weighted by Gasteiger charge is -2.30. The van der Waals surface area contributed by atoms with Gasteiger partial charge in [0, 0.05) is 18.6 Å². The molecule has 0 heterocycles. The molecular weight excluding hydrogens is 278 g/mol. The standard InChI is InChI=1S/C17H29N3O2/c1-12(10-18)11-19-13-5-7-17(8-6-13)9-14(17)20-15(21)22-16(2,3)4/h12-14,19H,5-9,11H2,1-4H3,(H,20,21). The van der Waals surface area contributed by atoms with Gasteiger partial charge in [-0.1, -0.05) is 0 Å².